The van der Waals surface area contributed by atoms with E-state index in [1.54, 1.807) is 0 Å². The largest absolute Gasteiger partial charge is 0.376 e. The van der Waals surface area contributed by atoms with Crippen molar-refractivity contribution in [1.29, 1.82) is 0 Å². The highest BCUT2D eigenvalue weighted by Gasteiger charge is 2.21. The zero-order chi connectivity index (χ0) is 8.23. The molecule has 1 nitrogen and oxygen atoms in total. The second-order valence-corrected chi connectivity index (χ2v) is 4.21. The van der Waals surface area contributed by atoms with Crippen LogP contribution in [0.5, 0.6) is 0 Å². The van der Waals surface area contributed by atoms with Crippen LogP contribution in [0.25, 0.3) is 0 Å². The summed E-state index contributed by atoms with van der Waals surface area (Å²) in [6, 6.07) is 10.9. The second kappa shape index (κ2) is 3.97. The zero-order valence-electron chi connectivity index (χ0n) is 6.82. The Balaban J connectivity index is 1.72. The molecule has 1 aliphatic rings. The molecule has 0 aliphatic carbocycles. The average molecular weight is 179 g/mol. The molecule has 0 amide bonds. The van der Waals surface area contributed by atoms with Crippen molar-refractivity contribution in [1.82, 2.24) is 0 Å². The Morgan fingerprint density at radius 1 is 1.50 bits per heavy atom. The number of ether oxygens (including phenoxy) is 1. The van der Waals surface area contributed by atoms with Gasteiger partial charge in [-0.3, -0.25) is 0 Å². The molecule has 2 rings (SSSR count). The van der Waals surface area contributed by atoms with Crippen LogP contribution in [-0.4, -0.2) is 17.6 Å². The molecular weight excluding hydrogens is 168 g/mol. The van der Waals surface area contributed by atoms with Crippen molar-refractivity contribution in [3.05, 3.63) is 35.9 Å². The first-order valence-corrected chi connectivity index (χ1v) is 5.14. The molecule has 0 aromatic heterocycles. The molecule has 0 spiro atoms. The molecule has 0 bridgehead atoms. The molecule has 0 N–H and O–H groups in total. The summed E-state index contributed by atoms with van der Waals surface area (Å²) < 4.78 is 5.51. The lowest BCUT2D eigenvalue weighted by atomic mass is 10.2. The van der Waals surface area contributed by atoms with Gasteiger partial charge in [0.1, 0.15) is 0 Å². The van der Waals surface area contributed by atoms with Crippen molar-refractivity contribution < 1.29 is 4.74 Å². The van der Waals surface area contributed by atoms with Crippen molar-refractivity contribution in [2.45, 2.75) is 11.9 Å². The molecule has 2 heteroatoms. The van der Waals surface area contributed by atoms with E-state index in [-0.39, 0.29) is 0 Å². The first-order valence-electron chi connectivity index (χ1n) is 4.09. The molecule has 1 saturated heterocycles. The van der Waals surface area contributed by atoms with Gasteiger partial charge < -0.3 is 4.74 Å². The minimum absolute atomic E-state index is 0.742. The van der Waals surface area contributed by atoms with Gasteiger partial charge in [-0.15, -0.1) is 0 Å². The highest BCUT2D eigenvalue weighted by molar-refractivity contribution is 8.06. The minimum atomic E-state index is 0.742. The van der Waals surface area contributed by atoms with Crippen LogP contribution in [0.3, 0.4) is 0 Å². The third-order valence-corrected chi connectivity index (χ3v) is 2.70. The Labute approximate surface area is 77.1 Å². The highest BCUT2D eigenvalue weighted by Crippen LogP contribution is 2.30. The van der Waals surface area contributed by atoms with Crippen LogP contribution < -0.4 is 0 Å². The maximum atomic E-state index is 5.51. The lowest BCUT2D eigenvalue weighted by molar-refractivity contribution is 0.128. The summed E-state index contributed by atoms with van der Waals surface area (Å²) in [6.45, 7) is 1.65. The van der Waals surface area contributed by atoms with E-state index >= 15 is 0 Å². The van der Waals surface area contributed by atoms with Crippen LogP contribution in [0.2, 0.25) is 0 Å². The van der Waals surface area contributed by atoms with Crippen LogP contribution in [0.15, 0.2) is 24.3 Å². The van der Waals surface area contributed by atoms with Gasteiger partial charge in [-0.1, -0.05) is 24.3 Å². The number of thioether (sulfide) groups is 1. The Morgan fingerprint density at radius 2 is 2.25 bits per heavy atom. The molecule has 1 heterocycles. The van der Waals surface area contributed by atoms with Crippen LogP contribution in [0.4, 0.5) is 0 Å². The van der Waals surface area contributed by atoms with E-state index in [0.29, 0.717) is 0 Å². The Hall–Kier alpha value is -0.470. The molecule has 0 saturated carbocycles. The molecular formula is C10H11OS. The highest BCUT2D eigenvalue weighted by atomic mass is 32.2. The Kier molecular flexibility index (Phi) is 2.69. The van der Waals surface area contributed by atoms with Gasteiger partial charge in [0.2, 0.25) is 0 Å². The number of hydrogen-bond donors (Lipinski definition) is 0. The van der Waals surface area contributed by atoms with Crippen molar-refractivity contribution in [2.75, 3.05) is 12.4 Å². The summed E-state index contributed by atoms with van der Waals surface area (Å²) in [5, 5.41) is 0.778. The molecule has 1 aromatic rings. The quantitative estimate of drug-likeness (QED) is 0.655. The molecule has 1 unspecified atom stereocenters. The third kappa shape index (κ3) is 2.54. The van der Waals surface area contributed by atoms with E-state index in [2.05, 4.69) is 6.07 Å². The molecule has 1 aromatic carbocycles. The number of benzene rings is 1. The monoisotopic (exact) mass is 179 g/mol. The first kappa shape index (κ1) is 8.14. The number of rotatable bonds is 4. The SMILES string of the molecule is [c]1ccc(COCC2CS2)cc1. The fourth-order valence-corrected chi connectivity index (χ4v) is 1.41. The molecule has 1 aliphatic heterocycles. The third-order valence-electron chi connectivity index (χ3n) is 1.76. The van der Waals surface area contributed by atoms with Gasteiger partial charge in [-0.25, -0.2) is 0 Å². The smallest absolute Gasteiger partial charge is 0.0717 e. The van der Waals surface area contributed by atoms with Crippen molar-refractivity contribution in [2.24, 2.45) is 0 Å². The summed E-state index contributed by atoms with van der Waals surface area (Å²) in [7, 11) is 0. The lowest BCUT2D eigenvalue weighted by Gasteiger charge is -2.01. The van der Waals surface area contributed by atoms with Crippen molar-refractivity contribution in [3.63, 3.8) is 0 Å². The van der Waals surface area contributed by atoms with E-state index in [1.165, 1.54) is 11.3 Å². The van der Waals surface area contributed by atoms with Crippen molar-refractivity contribution in [3.8, 4) is 0 Å². The normalized spacial score (nSPS) is 20.8. The summed E-state index contributed by atoms with van der Waals surface area (Å²) in [5.41, 5.74) is 1.24. The average Bonchev–Trinajstić information content (AvgIpc) is 2.90. The predicted octanol–water partition coefficient (Wildman–Crippen LogP) is 2.12. The van der Waals surface area contributed by atoms with Gasteiger partial charge in [0.25, 0.3) is 0 Å². The lowest BCUT2D eigenvalue weighted by Crippen LogP contribution is -1.99. The molecule has 63 valence electrons. The summed E-state index contributed by atoms with van der Waals surface area (Å²) in [4.78, 5) is 0. The second-order valence-electron chi connectivity index (χ2n) is 2.88. The fourth-order valence-electron chi connectivity index (χ4n) is 0.990. The summed E-state index contributed by atoms with van der Waals surface area (Å²) >= 11 is 1.97. The zero-order valence-corrected chi connectivity index (χ0v) is 7.64. The van der Waals surface area contributed by atoms with Gasteiger partial charge in [-0.05, 0) is 11.6 Å². The van der Waals surface area contributed by atoms with E-state index < -0.39 is 0 Å². The first-order chi connectivity index (χ1) is 5.95. The summed E-state index contributed by atoms with van der Waals surface area (Å²) in [6.07, 6.45) is 0. The van der Waals surface area contributed by atoms with Gasteiger partial charge >= 0.3 is 0 Å². The maximum Gasteiger partial charge on any atom is 0.0717 e. The molecule has 1 atom stereocenters. The van der Waals surface area contributed by atoms with Crippen LogP contribution in [0.1, 0.15) is 5.56 Å². The summed E-state index contributed by atoms with van der Waals surface area (Å²) in [5.74, 6) is 1.28. The van der Waals surface area contributed by atoms with E-state index in [0.717, 1.165) is 18.5 Å². The topological polar surface area (TPSA) is 9.23 Å². The maximum absolute atomic E-state index is 5.51. The van der Waals surface area contributed by atoms with Crippen LogP contribution in [-0.2, 0) is 11.3 Å². The Bertz CT molecular complexity index is 231. The van der Waals surface area contributed by atoms with Crippen molar-refractivity contribution >= 4 is 11.8 Å². The van der Waals surface area contributed by atoms with Gasteiger partial charge in [0.15, 0.2) is 0 Å². The number of hydrogen-bond acceptors (Lipinski definition) is 2. The van der Waals surface area contributed by atoms with E-state index in [1.807, 2.05) is 36.0 Å². The Morgan fingerprint density at radius 3 is 2.92 bits per heavy atom. The minimum Gasteiger partial charge on any atom is -0.376 e. The molecule has 1 fully saturated rings. The van der Waals surface area contributed by atoms with E-state index in [9.17, 15) is 0 Å². The van der Waals surface area contributed by atoms with E-state index in [4.69, 9.17) is 4.74 Å². The predicted molar refractivity (Wildman–Crippen MR) is 51.2 cm³/mol. The van der Waals surface area contributed by atoms with Gasteiger partial charge in [0, 0.05) is 11.0 Å². The molecule has 12 heavy (non-hydrogen) atoms. The molecule has 1 radical (unpaired) electrons. The van der Waals surface area contributed by atoms with Crippen LogP contribution >= 0.6 is 11.8 Å². The van der Waals surface area contributed by atoms with Crippen LogP contribution in [0, 0.1) is 6.07 Å². The van der Waals surface area contributed by atoms with Gasteiger partial charge in [-0.2, -0.15) is 11.8 Å². The standard InChI is InChI=1S/C10H11OS/c1-2-4-9(5-3-1)6-11-7-10-8-12-10/h2-5,10H,6-8H2. The fraction of sp³-hybridized carbons (Fsp3) is 0.400. The van der Waals surface area contributed by atoms with Gasteiger partial charge in [0.05, 0.1) is 13.2 Å².